The molecule has 0 saturated carbocycles. The van der Waals surface area contributed by atoms with Gasteiger partial charge in [-0.1, -0.05) is 30.3 Å². The predicted octanol–water partition coefficient (Wildman–Crippen LogP) is 2.30. The molecule has 0 aliphatic carbocycles. The molecule has 0 fully saturated rings. The number of hydrogen-bond acceptors (Lipinski definition) is 5. The highest BCUT2D eigenvalue weighted by atomic mass is 32.1. The summed E-state index contributed by atoms with van der Waals surface area (Å²) in [5, 5.41) is 23.3. The zero-order valence-electron chi connectivity index (χ0n) is 12.0. The molecule has 1 atom stereocenters. The van der Waals surface area contributed by atoms with E-state index in [1.54, 1.807) is 6.92 Å². The molecular weight excluding hydrogens is 304 g/mol. The molecule has 0 saturated heterocycles. The second-order valence-corrected chi connectivity index (χ2v) is 6.12. The number of carbonyl (C=O) groups excluding carboxylic acids is 1. The number of thiophene rings is 1. The number of nitro groups is 1. The Balaban J connectivity index is 1.90. The van der Waals surface area contributed by atoms with Gasteiger partial charge in [-0.25, -0.2) is 0 Å². The van der Waals surface area contributed by atoms with Gasteiger partial charge in [-0.05, 0) is 12.5 Å². The molecule has 22 heavy (non-hydrogen) atoms. The second-order valence-electron chi connectivity index (χ2n) is 4.86. The van der Waals surface area contributed by atoms with Gasteiger partial charge in [0.15, 0.2) is 0 Å². The molecule has 1 aromatic carbocycles. The molecule has 116 valence electrons. The summed E-state index contributed by atoms with van der Waals surface area (Å²) in [4.78, 5) is 23.0. The zero-order chi connectivity index (χ0) is 16.1. The predicted molar refractivity (Wildman–Crippen MR) is 84.2 cm³/mol. The average Bonchev–Trinajstić information content (AvgIpc) is 2.88. The summed E-state index contributed by atoms with van der Waals surface area (Å²) in [7, 11) is 0. The summed E-state index contributed by atoms with van der Waals surface area (Å²) >= 11 is 1.07. The largest absolute Gasteiger partial charge is 0.391 e. The first-order valence-electron chi connectivity index (χ1n) is 6.72. The number of amides is 1. The van der Waals surface area contributed by atoms with Crippen LogP contribution in [0.2, 0.25) is 0 Å². The number of hydrogen-bond donors (Lipinski definition) is 2. The Labute approximate surface area is 131 Å². The van der Waals surface area contributed by atoms with Gasteiger partial charge in [0.2, 0.25) is 0 Å². The van der Waals surface area contributed by atoms with Crippen LogP contribution in [-0.2, 0) is 6.42 Å². The van der Waals surface area contributed by atoms with Crippen LogP contribution in [0.5, 0.6) is 0 Å². The van der Waals surface area contributed by atoms with Crippen LogP contribution < -0.4 is 5.32 Å². The lowest BCUT2D eigenvalue weighted by Crippen LogP contribution is -2.32. The van der Waals surface area contributed by atoms with Crippen molar-refractivity contribution in [1.82, 2.24) is 5.32 Å². The van der Waals surface area contributed by atoms with Gasteiger partial charge in [-0.15, -0.1) is 11.3 Å². The van der Waals surface area contributed by atoms with E-state index < -0.39 is 16.9 Å². The minimum Gasteiger partial charge on any atom is -0.391 e. The van der Waals surface area contributed by atoms with Gasteiger partial charge < -0.3 is 10.4 Å². The van der Waals surface area contributed by atoms with Crippen LogP contribution in [0.25, 0.3) is 0 Å². The lowest BCUT2D eigenvalue weighted by Gasteiger charge is -2.11. The highest BCUT2D eigenvalue weighted by Crippen LogP contribution is 2.27. The first-order chi connectivity index (χ1) is 10.5. The van der Waals surface area contributed by atoms with E-state index in [9.17, 15) is 20.0 Å². The van der Waals surface area contributed by atoms with Gasteiger partial charge in [0.05, 0.1) is 20.8 Å². The Morgan fingerprint density at radius 3 is 2.68 bits per heavy atom. The maximum atomic E-state index is 12.0. The smallest absolute Gasteiger partial charge is 0.283 e. The summed E-state index contributed by atoms with van der Waals surface area (Å²) in [5.41, 5.74) is 0.923. The van der Waals surface area contributed by atoms with Gasteiger partial charge in [-0.3, -0.25) is 14.9 Å². The van der Waals surface area contributed by atoms with Crippen molar-refractivity contribution in [1.29, 1.82) is 0 Å². The van der Waals surface area contributed by atoms with E-state index in [2.05, 4.69) is 5.32 Å². The standard InChI is InChI=1S/C15H16N2O4S/c1-10-13(17(20)21)8-14(22-10)15(19)16-9-12(18)7-11-5-3-2-4-6-11/h2-6,8,12,18H,7,9H2,1H3,(H,16,19). The van der Waals surface area contributed by atoms with Crippen molar-refractivity contribution in [3.8, 4) is 0 Å². The van der Waals surface area contributed by atoms with Crippen LogP contribution in [-0.4, -0.2) is 28.6 Å². The Morgan fingerprint density at radius 1 is 1.41 bits per heavy atom. The van der Waals surface area contributed by atoms with E-state index in [1.165, 1.54) is 6.07 Å². The molecule has 1 heterocycles. The Kier molecular flexibility index (Phi) is 5.24. The summed E-state index contributed by atoms with van der Waals surface area (Å²) in [6, 6.07) is 10.7. The molecule has 2 rings (SSSR count). The molecule has 0 radical (unpaired) electrons. The van der Waals surface area contributed by atoms with Gasteiger partial charge in [0, 0.05) is 19.0 Å². The van der Waals surface area contributed by atoms with Crippen molar-refractivity contribution in [2.24, 2.45) is 0 Å². The monoisotopic (exact) mass is 320 g/mol. The fraction of sp³-hybridized carbons (Fsp3) is 0.267. The summed E-state index contributed by atoms with van der Waals surface area (Å²) in [6.45, 7) is 1.70. The van der Waals surface area contributed by atoms with Crippen LogP contribution in [0.4, 0.5) is 5.69 Å². The van der Waals surface area contributed by atoms with Crippen molar-refractivity contribution in [3.05, 3.63) is 61.8 Å². The Morgan fingerprint density at radius 2 is 2.09 bits per heavy atom. The molecule has 2 N–H and O–H groups in total. The van der Waals surface area contributed by atoms with Gasteiger partial charge >= 0.3 is 0 Å². The van der Waals surface area contributed by atoms with Crippen LogP contribution in [0.15, 0.2) is 36.4 Å². The molecule has 1 unspecified atom stereocenters. The highest BCUT2D eigenvalue weighted by molar-refractivity contribution is 7.14. The summed E-state index contributed by atoms with van der Waals surface area (Å²) < 4.78 is 0. The molecule has 1 amide bonds. The number of nitrogens with zero attached hydrogens (tertiary/aromatic N) is 1. The number of aryl methyl sites for hydroxylation is 1. The molecule has 0 spiro atoms. The highest BCUT2D eigenvalue weighted by Gasteiger charge is 2.19. The normalized spacial score (nSPS) is 11.9. The summed E-state index contributed by atoms with van der Waals surface area (Å²) in [5.74, 6) is -0.409. The topological polar surface area (TPSA) is 92.5 Å². The summed E-state index contributed by atoms with van der Waals surface area (Å²) in [6.07, 6.45) is -0.271. The molecular formula is C15H16N2O4S. The fourth-order valence-electron chi connectivity index (χ4n) is 2.02. The van der Waals surface area contributed by atoms with E-state index in [1.807, 2.05) is 30.3 Å². The number of rotatable bonds is 6. The van der Waals surface area contributed by atoms with Crippen molar-refractivity contribution in [3.63, 3.8) is 0 Å². The number of benzene rings is 1. The van der Waals surface area contributed by atoms with E-state index in [4.69, 9.17) is 0 Å². The van der Waals surface area contributed by atoms with E-state index in [-0.39, 0.29) is 17.1 Å². The molecule has 1 aromatic heterocycles. The number of nitrogens with one attached hydrogen (secondary N) is 1. The molecule has 0 bridgehead atoms. The quantitative estimate of drug-likeness (QED) is 0.631. The first-order valence-corrected chi connectivity index (χ1v) is 7.54. The lowest BCUT2D eigenvalue weighted by molar-refractivity contribution is -0.385. The fourth-order valence-corrected chi connectivity index (χ4v) is 2.92. The average molecular weight is 320 g/mol. The van der Waals surface area contributed by atoms with Crippen LogP contribution >= 0.6 is 11.3 Å². The zero-order valence-corrected chi connectivity index (χ0v) is 12.8. The lowest BCUT2D eigenvalue weighted by atomic mass is 10.1. The molecule has 2 aromatic rings. The first kappa shape index (κ1) is 16.1. The second kappa shape index (κ2) is 7.15. The Bertz CT molecular complexity index is 669. The third-order valence-electron chi connectivity index (χ3n) is 3.12. The molecule has 0 aliphatic heterocycles. The van der Waals surface area contributed by atoms with Crippen LogP contribution in [0, 0.1) is 17.0 Å². The minimum atomic E-state index is -0.706. The van der Waals surface area contributed by atoms with Crippen molar-refractivity contribution >= 4 is 22.9 Å². The minimum absolute atomic E-state index is 0.0556. The molecule has 6 nitrogen and oxygen atoms in total. The van der Waals surface area contributed by atoms with Gasteiger partial charge in [0.1, 0.15) is 0 Å². The van der Waals surface area contributed by atoms with Crippen molar-refractivity contribution < 1.29 is 14.8 Å². The molecule has 7 heteroatoms. The van der Waals surface area contributed by atoms with E-state index >= 15 is 0 Å². The van der Waals surface area contributed by atoms with Gasteiger partial charge in [0.25, 0.3) is 11.6 Å². The van der Waals surface area contributed by atoms with Gasteiger partial charge in [-0.2, -0.15) is 0 Å². The van der Waals surface area contributed by atoms with Crippen molar-refractivity contribution in [2.75, 3.05) is 6.54 Å². The third kappa shape index (κ3) is 4.12. The van der Waals surface area contributed by atoms with Crippen LogP contribution in [0.3, 0.4) is 0 Å². The van der Waals surface area contributed by atoms with Crippen molar-refractivity contribution in [2.45, 2.75) is 19.4 Å². The SMILES string of the molecule is Cc1sc(C(=O)NCC(O)Cc2ccccc2)cc1[N+](=O)[O-]. The number of aliphatic hydroxyl groups excluding tert-OH is 1. The number of carbonyl (C=O) groups is 1. The van der Waals surface area contributed by atoms with E-state index in [0.29, 0.717) is 11.3 Å². The number of aliphatic hydroxyl groups is 1. The van der Waals surface area contributed by atoms with E-state index in [0.717, 1.165) is 16.9 Å². The maximum absolute atomic E-state index is 12.0. The van der Waals surface area contributed by atoms with Crippen LogP contribution in [0.1, 0.15) is 20.1 Å². The third-order valence-corrected chi connectivity index (χ3v) is 4.16. The maximum Gasteiger partial charge on any atom is 0.283 e. The molecule has 0 aliphatic rings. The Hall–Kier alpha value is -2.25.